The molecule has 2 unspecified atom stereocenters. The van der Waals surface area contributed by atoms with Gasteiger partial charge in [0.1, 0.15) is 6.61 Å². The molecule has 34 heavy (non-hydrogen) atoms. The van der Waals surface area contributed by atoms with Gasteiger partial charge in [0, 0.05) is 31.3 Å². The fourth-order valence-corrected chi connectivity index (χ4v) is 4.86. The molecule has 1 aliphatic rings. The summed E-state index contributed by atoms with van der Waals surface area (Å²) in [6, 6.07) is 7.78. The van der Waals surface area contributed by atoms with Gasteiger partial charge in [0.2, 0.25) is 11.8 Å². The third-order valence-electron chi connectivity index (χ3n) is 5.87. The minimum absolute atomic E-state index is 0.0369. The van der Waals surface area contributed by atoms with Gasteiger partial charge in [-0.25, -0.2) is 9.97 Å². The summed E-state index contributed by atoms with van der Waals surface area (Å²) >= 11 is 1.37. The monoisotopic (exact) mass is 482 g/mol. The molecule has 1 saturated carbocycles. The van der Waals surface area contributed by atoms with Gasteiger partial charge in [-0.15, -0.1) is 0 Å². The number of carbonyl (C=O) groups is 1. The van der Waals surface area contributed by atoms with Crippen LogP contribution < -0.4 is 14.8 Å². The van der Waals surface area contributed by atoms with E-state index in [1.807, 2.05) is 19.1 Å². The Balaban J connectivity index is 1.45. The quantitative estimate of drug-likeness (QED) is 0.320. The van der Waals surface area contributed by atoms with Crippen molar-refractivity contribution in [1.29, 1.82) is 0 Å². The molecule has 2 aromatic heterocycles. The zero-order valence-electron chi connectivity index (χ0n) is 19.7. The molecule has 0 amide bonds. The molecule has 180 valence electrons. The molecular formula is C25H30N4O4S. The van der Waals surface area contributed by atoms with Crippen LogP contribution in [0.2, 0.25) is 0 Å². The van der Waals surface area contributed by atoms with Gasteiger partial charge in [-0.2, -0.15) is 4.98 Å². The largest absolute Gasteiger partial charge is 0.475 e. The number of ether oxygens (including phenoxy) is 3. The molecule has 0 spiro atoms. The number of anilines is 2. The normalized spacial score (nSPS) is 17.9. The molecular weight excluding hydrogens is 452 g/mol. The Morgan fingerprint density at radius 1 is 1.18 bits per heavy atom. The van der Waals surface area contributed by atoms with Crippen LogP contribution in [0.3, 0.4) is 0 Å². The first-order valence-corrected chi connectivity index (χ1v) is 12.3. The van der Waals surface area contributed by atoms with E-state index < -0.39 is 0 Å². The van der Waals surface area contributed by atoms with E-state index in [1.165, 1.54) is 17.8 Å². The van der Waals surface area contributed by atoms with Crippen molar-refractivity contribution in [3.8, 4) is 21.5 Å². The van der Waals surface area contributed by atoms with Gasteiger partial charge in [-0.3, -0.25) is 4.79 Å². The Hall–Kier alpha value is -3.04. The molecule has 4 rings (SSSR count). The van der Waals surface area contributed by atoms with Crippen LogP contribution in [0.15, 0.2) is 36.7 Å². The highest BCUT2D eigenvalue weighted by atomic mass is 32.1. The van der Waals surface area contributed by atoms with E-state index in [1.54, 1.807) is 25.6 Å². The summed E-state index contributed by atoms with van der Waals surface area (Å²) in [5.74, 6) is 1.07. The highest BCUT2D eigenvalue weighted by Gasteiger charge is 2.30. The number of benzene rings is 1. The molecule has 0 radical (unpaired) electrons. The van der Waals surface area contributed by atoms with E-state index in [-0.39, 0.29) is 11.9 Å². The van der Waals surface area contributed by atoms with Crippen LogP contribution in [0.25, 0.3) is 10.4 Å². The second-order valence-corrected chi connectivity index (χ2v) is 9.55. The molecule has 1 aliphatic carbocycles. The summed E-state index contributed by atoms with van der Waals surface area (Å²) in [4.78, 5) is 26.6. The zero-order valence-corrected chi connectivity index (χ0v) is 20.6. The summed E-state index contributed by atoms with van der Waals surface area (Å²) in [5, 5.41) is 3.63. The van der Waals surface area contributed by atoms with Crippen molar-refractivity contribution >= 4 is 28.9 Å². The van der Waals surface area contributed by atoms with Crippen molar-refractivity contribution in [2.24, 2.45) is 11.8 Å². The topological polar surface area (TPSA) is 95.5 Å². The molecule has 0 bridgehead atoms. The lowest BCUT2D eigenvalue weighted by atomic mass is 9.80. The van der Waals surface area contributed by atoms with Crippen LogP contribution in [0, 0.1) is 18.8 Å². The predicted octanol–water partition coefficient (Wildman–Crippen LogP) is 5.41. The van der Waals surface area contributed by atoms with Gasteiger partial charge in [0.25, 0.3) is 5.19 Å². The van der Waals surface area contributed by atoms with Crippen molar-refractivity contribution < 1.29 is 19.0 Å². The molecule has 9 heteroatoms. The van der Waals surface area contributed by atoms with Crippen molar-refractivity contribution in [1.82, 2.24) is 15.0 Å². The van der Waals surface area contributed by atoms with Gasteiger partial charge < -0.3 is 19.5 Å². The molecule has 0 aliphatic heterocycles. The number of carbonyl (C=O) groups excluding carboxylic acids is 1. The van der Waals surface area contributed by atoms with Crippen LogP contribution in [-0.2, 0) is 9.53 Å². The summed E-state index contributed by atoms with van der Waals surface area (Å²) in [6.07, 6.45) is 7.63. The van der Waals surface area contributed by atoms with E-state index >= 15 is 0 Å². The Labute approximate surface area is 203 Å². The number of rotatable bonds is 9. The number of nitrogens with zero attached hydrogens (tertiary/aromatic N) is 3. The maximum absolute atomic E-state index is 12.6. The number of thiazole rings is 1. The average molecular weight is 483 g/mol. The van der Waals surface area contributed by atoms with Crippen LogP contribution in [0.4, 0.5) is 11.6 Å². The molecule has 1 aromatic carbocycles. The summed E-state index contributed by atoms with van der Waals surface area (Å²) in [7, 11) is 1.62. The molecule has 1 fully saturated rings. The van der Waals surface area contributed by atoms with Crippen molar-refractivity contribution in [3.63, 3.8) is 0 Å². The third kappa shape index (κ3) is 6.30. The summed E-state index contributed by atoms with van der Waals surface area (Å²) in [5.41, 5.74) is 2.88. The van der Waals surface area contributed by atoms with Gasteiger partial charge in [0.15, 0.2) is 0 Å². The Morgan fingerprint density at radius 2 is 2.03 bits per heavy atom. The number of aromatic nitrogens is 3. The average Bonchev–Trinajstić information content (AvgIpc) is 3.28. The summed E-state index contributed by atoms with van der Waals surface area (Å²) in [6.45, 7) is 5.05. The highest BCUT2D eigenvalue weighted by Crippen LogP contribution is 2.35. The Morgan fingerprint density at radius 3 is 2.85 bits per heavy atom. The van der Waals surface area contributed by atoms with Crippen molar-refractivity contribution in [3.05, 3.63) is 42.2 Å². The van der Waals surface area contributed by atoms with E-state index in [2.05, 4.69) is 33.3 Å². The molecule has 2 atom stereocenters. The first-order valence-electron chi connectivity index (χ1n) is 11.5. The lowest BCUT2D eigenvalue weighted by Gasteiger charge is -2.26. The van der Waals surface area contributed by atoms with E-state index in [4.69, 9.17) is 14.2 Å². The number of nitrogens with one attached hydrogen (secondary N) is 1. The first-order chi connectivity index (χ1) is 16.5. The Bertz CT molecular complexity index is 1120. The van der Waals surface area contributed by atoms with Crippen LogP contribution in [0.5, 0.6) is 11.1 Å². The number of aryl methyl sites for hydroxylation is 1. The fraction of sp³-hybridized carbons (Fsp3) is 0.440. The second kappa shape index (κ2) is 11.4. The van der Waals surface area contributed by atoms with Gasteiger partial charge in [0.05, 0.1) is 17.4 Å². The van der Waals surface area contributed by atoms with Gasteiger partial charge >= 0.3 is 5.97 Å². The standard InChI is InChI=1S/C25H30N4O4S/c1-16-12-18(14-19(13-16)28-24-26-9-8-22(29-24)32-11-10-31-3)21-15-27-25(34-21)33-23(30)20-7-5-4-6-17(20)2/h8-9,12-15,17,20H,4-7,10-11H2,1-3H3,(H,26,28,29). The lowest BCUT2D eigenvalue weighted by Crippen LogP contribution is -2.28. The van der Waals surface area contributed by atoms with E-state index in [9.17, 15) is 4.79 Å². The number of esters is 1. The molecule has 8 nitrogen and oxygen atoms in total. The predicted molar refractivity (Wildman–Crippen MR) is 132 cm³/mol. The highest BCUT2D eigenvalue weighted by molar-refractivity contribution is 7.16. The first kappa shape index (κ1) is 24.1. The maximum atomic E-state index is 12.6. The van der Waals surface area contributed by atoms with Crippen LogP contribution >= 0.6 is 11.3 Å². The third-order valence-corrected chi connectivity index (χ3v) is 6.80. The minimum atomic E-state index is -0.163. The van der Waals surface area contributed by atoms with Crippen molar-refractivity contribution in [2.45, 2.75) is 39.5 Å². The smallest absolute Gasteiger partial charge is 0.316 e. The lowest BCUT2D eigenvalue weighted by molar-refractivity contribution is -0.141. The fourth-order valence-electron chi connectivity index (χ4n) is 4.11. The van der Waals surface area contributed by atoms with Crippen molar-refractivity contribution in [2.75, 3.05) is 25.6 Å². The van der Waals surface area contributed by atoms with Crippen LogP contribution in [0.1, 0.15) is 38.2 Å². The number of methoxy groups -OCH3 is 1. The Kier molecular flexibility index (Phi) is 8.08. The summed E-state index contributed by atoms with van der Waals surface area (Å²) < 4.78 is 16.2. The molecule has 3 aromatic rings. The number of hydrogen-bond acceptors (Lipinski definition) is 9. The zero-order chi connectivity index (χ0) is 23.9. The van der Waals surface area contributed by atoms with E-state index in [0.717, 1.165) is 41.0 Å². The second-order valence-electron chi connectivity index (χ2n) is 8.55. The van der Waals surface area contributed by atoms with Gasteiger partial charge in [-0.1, -0.05) is 37.2 Å². The maximum Gasteiger partial charge on any atom is 0.316 e. The number of hydrogen-bond donors (Lipinski definition) is 1. The van der Waals surface area contributed by atoms with E-state index in [0.29, 0.717) is 36.2 Å². The SMILES string of the molecule is COCCOc1ccnc(Nc2cc(C)cc(-c3cnc(OC(=O)C4CCCCC4C)s3)c2)n1. The van der Waals surface area contributed by atoms with Gasteiger partial charge in [-0.05, 0) is 48.9 Å². The molecule has 0 saturated heterocycles. The minimum Gasteiger partial charge on any atom is -0.475 e. The molecule has 1 N–H and O–H groups in total. The molecule has 2 heterocycles. The van der Waals surface area contributed by atoms with Crippen LogP contribution in [-0.4, -0.2) is 41.2 Å².